The minimum atomic E-state index is -0.0597. The second-order valence-electron chi connectivity index (χ2n) is 6.06. The number of nitrogens with zero attached hydrogens (tertiary/aromatic N) is 2. The van der Waals surface area contributed by atoms with E-state index in [2.05, 4.69) is 48.4 Å². The van der Waals surface area contributed by atoms with Gasteiger partial charge in [-0.05, 0) is 42.8 Å². The Balaban J connectivity index is 1.65. The van der Waals surface area contributed by atoms with Gasteiger partial charge in [0.2, 0.25) is 0 Å². The molecule has 1 aromatic heterocycles. The van der Waals surface area contributed by atoms with Crippen LogP contribution in [0.15, 0.2) is 67.0 Å². The Morgan fingerprint density at radius 3 is 2.79 bits per heavy atom. The van der Waals surface area contributed by atoms with E-state index in [-0.39, 0.29) is 6.23 Å². The lowest BCUT2D eigenvalue weighted by atomic mass is 10.2. The van der Waals surface area contributed by atoms with Crippen LogP contribution in [0.2, 0.25) is 5.02 Å². The summed E-state index contributed by atoms with van der Waals surface area (Å²) in [5, 5.41) is 0.738. The first kappa shape index (κ1) is 15.3. The maximum absolute atomic E-state index is 6.31. The molecule has 1 saturated heterocycles. The van der Waals surface area contributed by atoms with Crippen LogP contribution in [-0.2, 0) is 4.74 Å². The molecule has 0 aliphatic carbocycles. The smallest absolute Gasteiger partial charge is 0.158 e. The summed E-state index contributed by atoms with van der Waals surface area (Å²) >= 11 is 6.31. The highest BCUT2D eigenvalue weighted by molar-refractivity contribution is 6.32. The molecule has 0 N–H and O–H groups in total. The third-order valence-electron chi connectivity index (χ3n) is 4.36. The summed E-state index contributed by atoms with van der Waals surface area (Å²) in [7, 11) is 0. The van der Waals surface area contributed by atoms with E-state index in [1.807, 2.05) is 35.0 Å². The van der Waals surface area contributed by atoms with E-state index < -0.39 is 0 Å². The summed E-state index contributed by atoms with van der Waals surface area (Å²) in [6.45, 7) is 3.74. The fourth-order valence-corrected chi connectivity index (χ4v) is 3.42. The van der Waals surface area contributed by atoms with E-state index in [9.17, 15) is 0 Å². The van der Waals surface area contributed by atoms with E-state index in [1.165, 1.54) is 11.3 Å². The molecule has 1 atom stereocenters. The van der Waals surface area contributed by atoms with Crippen molar-refractivity contribution < 1.29 is 4.74 Å². The molecule has 1 aliphatic heterocycles. The fraction of sp³-hybridized carbons (Fsp3) is 0.200. The van der Waals surface area contributed by atoms with Crippen molar-refractivity contribution in [1.29, 1.82) is 0 Å². The minimum Gasteiger partial charge on any atom is -0.352 e. The van der Waals surface area contributed by atoms with Crippen molar-refractivity contribution in [2.24, 2.45) is 0 Å². The third kappa shape index (κ3) is 2.81. The van der Waals surface area contributed by atoms with Crippen LogP contribution in [0.25, 0.3) is 5.69 Å². The number of halogens is 1. The van der Waals surface area contributed by atoms with Crippen LogP contribution in [0.3, 0.4) is 0 Å². The first-order valence-electron chi connectivity index (χ1n) is 8.10. The molecular formula is C20H19ClN2O. The number of rotatable bonds is 3. The molecule has 4 rings (SSSR count). The molecule has 0 spiro atoms. The number of aromatic nitrogens is 1. The van der Waals surface area contributed by atoms with Crippen molar-refractivity contribution in [3.05, 3.63) is 83.1 Å². The van der Waals surface area contributed by atoms with Gasteiger partial charge in [-0.2, -0.15) is 0 Å². The van der Waals surface area contributed by atoms with Gasteiger partial charge in [-0.1, -0.05) is 35.9 Å². The first-order valence-corrected chi connectivity index (χ1v) is 8.48. The molecule has 0 radical (unpaired) electrons. The number of hydrogen-bond donors (Lipinski definition) is 0. The second kappa shape index (κ2) is 6.34. The van der Waals surface area contributed by atoms with Gasteiger partial charge in [0, 0.05) is 30.2 Å². The summed E-state index contributed by atoms with van der Waals surface area (Å²) in [6, 6.07) is 18.5. The first-order chi connectivity index (χ1) is 11.7. The van der Waals surface area contributed by atoms with E-state index >= 15 is 0 Å². The molecular weight excluding hydrogens is 320 g/mol. The van der Waals surface area contributed by atoms with Gasteiger partial charge in [0.25, 0.3) is 0 Å². The molecule has 0 bridgehead atoms. The molecule has 1 unspecified atom stereocenters. The zero-order chi connectivity index (χ0) is 16.5. The predicted octanol–water partition coefficient (Wildman–Crippen LogP) is 4.97. The van der Waals surface area contributed by atoms with Gasteiger partial charge >= 0.3 is 0 Å². The van der Waals surface area contributed by atoms with E-state index in [4.69, 9.17) is 16.3 Å². The highest BCUT2D eigenvalue weighted by atomic mass is 35.5. The second-order valence-corrected chi connectivity index (χ2v) is 6.47. The van der Waals surface area contributed by atoms with Crippen LogP contribution in [-0.4, -0.2) is 17.7 Å². The molecule has 122 valence electrons. The lowest BCUT2D eigenvalue weighted by molar-refractivity contribution is 0.114. The summed E-state index contributed by atoms with van der Waals surface area (Å²) in [6.07, 6.45) is 4.07. The normalized spacial score (nSPS) is 17.4. The molecule has 3 nitrogen and oxygen atoms in total. The number of hydrogen-bond acceptors (Lipinski definition) is 2. The number of anilines is 1. The van der Waals surface area contributed by atoms with Gasteiger partial charge in [-0.15, -0.1) is 0 Å². The number of aryl methyl sites for hydroxylation is 1. The Hall–Kier alpha value is -2.23. The van der Waals surface area contributed by atoms with Crippen molar-refractivity contribution in [3.63, 3.8) is 0 Å². The lowest BCUT2D eigenvalue weighted by Gasteiger charge is -2.25. The molecule has 3 aromatic rings. The number of para-hydroxylation sites is 1. The number of ether oxygens (including phenoxy) is 1. The summed E-state index contributed by atoms with van der Waals surface area (Å²) < 4.78 is 8.05. The van der Waals surface area contributed by atoms with Crippen LogP contribution in [0.5, 0.6) is 0 Å². The van der Waals surface area contributed by atoms with Gasteiger partial charge in [-0.3, -0.25) is 0 Å². The standard InChI is InChI=1S/C20H19ClN2O/c1-15-5-4-6-17(13-15)23-11-12-24-20(23)16-9-10-22(14-16)19-8-3-2-7-18(19)21/h2-10,13-14,20H,11-12H2,1H3. The van der Waals surface area contributed by atoms with Gasteiger partial charge < -0.3 is 14.2 Å². The Morgan fingerprint density at radius 2 is 1.96 bits per heavy atom. The summed E-state index contributed by atoms with van der Waals surface area (Å²) in [5.41, 5.74) is 4.56. The average molecular weight is 339 g/mol. The Morgan fingerprint density at radius 1 is 1.08 bits per heavy atom. The van der Waals surface area contributed by atoms with Crippen molar-refractivity contribution in [3.8, 4) is 5.69 Å². The average Bonchev–Trinajstić information content (AvgIpc) is 3.24. The van der Waals surface area contributed by atoms with Crippen LogP contribution >= 0.6 is 11.6 Å². The molecule has 24 heavy (non-hydrogen) atoms. The quantitative estimate of drug-likeness (QED) is 0.670. The van der Waals surface area contributed by atoms with Crippen LogP contribution < -0.4 is 4.90 Å². The van der Waals surface area contributed by atoms with Crippen molar-refractivity contribution >= 4 is 17.3 Å². The van der Waals surface area contributed by atoms with Crippen molar-refractivity contribution in [2.45, 2.75) is 13.2 Å². The largest absolute Gasteiger partial charge is 0.352 e. The van der Waals surface area contributed by atoms with Gasteiger partial charge in [0.15, 0.2) is 6.23 Å². The highest BCUT2D eigenvalue weighted by Crippen LogP contribution is 2.33. The lowest BCUT2D eigenvalue weighted by Crippen LogP contribution is -2.23. The fourth-order valence-electron chi connectivity index (χ4n) is 3.19. The van der Waals surface area contributed by atoms with Crippen LogP contribution in [0.1, 0.15) is 17.4 Å². The zero-order valence-corrected chi connectivity index (χ0v) is 14.3. The molecule has 0 amide bonds. The monoisotopic (exact) mass is 338 g/mol. The molecule has 1 aliphatic rings. The maximum atomic E-state index is 6.31. The third-order valence-corrected chi connectivity index (χ3v) is 4.68. The Bertz CT molecular complexity index is 858. The predicted molar refractivity (Wildman–Crippen MR) is 98.0 cm³/mol. The molecule has 0 saturated carbocycles. The van der Waals surface area contributed by atoms with Gasteiger partial charge in [0.05, 0.1) is 17.3 Å². The van der Waals surface area contributed by atoms with E-state index in [1.54, 1.807) is 0 Å². The van der Waals surface area contributed by atoms with E-state index in [0.29, 0.717) is 0 Å². The molecule has 1 fully saturated rings. The Kier molecular flexibility index (Phi) is 4.05. The Labute approximate surface area is 147 Å². The highest BCUT2D eigenvalue weighted by Gasteiger charge is 2.28. The topological polar surface area (TPSA) is 17.4 Å². The minimum absolute atomic E-state index is 0.0597. The van der Waals surface area contributed by atoms with Crippen LogP contribution in [0, 0.1) is 6.92 Å². The SMILES string of the molecule is Cc1cccc(N2CCOC2c2ccn(-c3ccccc3Cl)c2)c1. The summed E-state index contributed by atoms with van der Waals surface area (Å²) in [4.78, 5) is 2.30. The van der Waals surface area contributed by atoms with E-state index in [0.717, 1.165) is 29.4 Å². The van der Waals surface area contributed by atoms with Crippen molar-refractivity contribution in [2.75, 3.05) is 18.1 Å². The molecule has 2 aromatic carbocycles. The summed E-state index contributed by atoms with van der Waals surface area (Å²) in [5.74, 6) is 0. The zero-order valence-electron chi connectivity index (χ0n) is 13.5. The van der Waals surface area contributed by atoms with Gasteiger partial charge in [0.1, 0.15) is 0 Å². The number of benzene rings is 2. The van der Waals surface area contributed by atoms with Crippen molar-refractivity contribution in [1.82, 2.24) is 4.57 Å². The van der Waals surface area contributed by atoms with Gasteiger partial charge in [-0.25, -0.2) is 0 Å². The maximum Gasteiger partial charge on any atom is 0.158 e. The molecule has 4 heteroatoms. The van der Waals surface area contributed by atoms with Crippen LogP contribution in [0.4, 0.5) is 5.69 Å². The molecule has 2 heterocycles.